The highest BCUT2D eigenvalue weighted by atomic mass is 35.5. The molecule has 0 bridgehead atoms. The molecule has 2 nitrogen and oxygen atoms in total. The molecule has 4 heteroatoms. The zero-order valence-electron chi connectivity index (χ0n) is 12.2. The first-order chi connectivity index (χ1) is 8.91. The summed E-state index contributed by atoms with van der Waals surface area (Å²) >= 11 is 6.00. The van der Waals surface area contributed by atoms with Crippen molar-refractivity contribution in [1.29, 1.82) is 0 Å². The number of benzene rings is 1. The summed E-state index contributed by atoms with van der Waals surface area (Å²) in [6.45, 7) is 5.72. The van der Waals surface area contributed by atoms with Crippen LogP contribution in [0, 0.1) is 11.7 Å². The fourth-order valence-corrected chi connectivity index (χ4v) is 2.32. The van der Waals surface area contributed by atoms with Gasteiger partial charge in [0.05, 0.1) is 0 Å². The number of likely N-dealkylation sites (N-methyl/N-ethyl adjacent to an activating group) is 1. The van der Waals surface area contributed by atoms with E-state index in [4.69, 9.17) is 11.6 Å². The Kier molecular flexibility index (Phi) is 6.76. The molecule has 1 N–H and O–H groups in total. The quantitative estimate of drug-likeness (QED) is 0.825. The zero-order chi connectivity index (χ0) is 14.4. The molecular weight excluding hydrogens is 263 g/mol. The van der Waals surface area contributed by atoms with Crippen molar-refractivity contribution in [1.82, 2.24) is 10.2 Å². The molecule has 0 radical (unpaired) electrons. The van der Waals surface area contributed by atoms with Crippen LogP contribution >= 0.6 is 11.6 Å². The van der Waals surface area contributed by atoms with E-state index in [-0.39, 0.29) is 5.82 Å². The molecule has 0 aliphatic heterocycles. The van der Waals surface area contributed by atoms with Crippen molar-refractivity contribution >= 4 is 11.6 Å². The van der Waals surface area contributed by atoms with Crippen molar-refractivity contribution in [2.75, 3.05) is 20.6 Å². The van der Waals surface area contributed by atoms with Crippen LogP contribution in [0.2, 0.25) is 5.02 Å². The number of halogens is 2. The lowest BCUT2D eigenvalue weighted by Gasteiger charge is -2.26. The molecule has 0 saturated heterocycles. The van der Waals surface area contributed by atoms with Gasteiger partial charge in [-0.3, -0.25) is 0 Å². The highest BCUT2D eigenvalue weighted by Crippen LogP contribution is 2.18. The molecule has 0 spiro atoms. The van der Waals surface area contributed by atoms with Gasteiger partial charge in [0.15, 0.2) is 0 Å². The Morgan fingerprint density at radius 3 is 2.53 bits per heavy atom. The van der Waals surface area contributed by atoms with Crippen LogP contribution in [0.4, 0.5) is 4.39 Å². The van der Waals surface area contributed by atoms with E-state index in [0.29, 0.717) is 29.1 Å². The lowest BCUT2D eigenvalue weighted by atomic mass is 10.0. The lowest BCUT2D eigenvalue weighted by Crippen LogP contribution is -2.38. The molecule has 0 aromatic heterocycles. The summed E-state index contributed by atoms with van der Waals surface area (Å²) in [5, 5.41) is 3.79. The maximum Gasteiger partial charge on any atom is 0.129 e. The van der Waals surface area contributed by atoms with Gasteiger partial charge < -0.3 is 10.2 Å². The molecule has 0 amide bonds. The van der Waals surface area contributed by atoms with E-state index in [9.17, 15) is 4.39 Å². The molecule has 1 aromatic rings. The van der Waals surface area contributed by atoms with Gasteiger partial charge in [0, 0.05) is 29.7 Å². The summed E-state index contributed by atoms with van der Waals surface area (Å²) in [7, 11) is 4.15. The molecule has 1 aromatic carbocycles. The summed E-state index contributed by atoms with van der Waals surface area (Å²) in [4.78, 5) is 2.20. The topological polar surface area (TPSA) is 15.3 Å². The first-order valence-corrected chi connectivity index (χ1v) is 7.09. The maximum atomic E-state index is 13.6. The monoisotopic (exact) mass is 286 g/mol. The molecule has 19 heavy (non-hydrogen) atoms. The lowest BCUT2D eigenvalue weighted by molar-refractivity contribution is 0.246. The van der Waals surface area contributed by atoms with Crippen LogP contribution in [0.3, 0.4) is 0 Å². The van der Waals surface area contributed by atoms with E-state index in [1.54, 1.807) is 12.1 Å². The molecule has 1 atom stereocenters. The molecule has 0 heterocycles. The molecule has 1 rings (SSSR count). The maximum absolute atomic E-state index is 13.6. The predicted octanol–water partition coefficient (Wildman–Crippen LogP) is 3.55. The summed E-state index contributed by atoms with van der Waals surface area (Å²) < 4.78 is 13.6. The Labute approximate surface area is 120 Å². The van der Waals surface area contributed by atoms with Crippen LogP contribution in [0.5, 0.6) is 0 Å². The van der Waals surface area contributed by atoms with Crippen molar-refractivity contribution < 1.29 is 4.39 Å². The first-order valence-electron chi connectivity index (χ1n) is 6.71. The third-order valence-electron chi connectivity index (χ3n) is 3.22. The van der Waals surface area contributed by atoms with Crippen LogP contribution in [0.1, 0.15) is 25.8 Å². The third kappa shape index (κ3) is 5.47. The average Bonchev–Trinajstić information content (AvgIpc) is 2.30. The Morgan fingerprint density at radius 1 is 1.32 bits per heavy atom. The van der Waals surface area contributed by atoms with Gasteiger partial charge in [-0.05, 0) is 38.6 Å². The molecule has 0 aliphatic rings. The highest BCUT2D eigenvalue weighted by molar-refractivity contribution is 6.31. The van der Waals surface area contributed by atoms with Gasteiger partial charge in [-0.1, -0.05) is 31.5 Å². The minimum absolute atomic E-state index is 0.245. The number of rotatable bonds is 7. The molecular formula is C15H24ClFN2. The Bertz CT molecular complexity index is 373. The largest absolute Gasteiger partial charge is 0.311 e. The average molecular weight is 287 g/mol. The molecule has 108 valence electrons. The highest BCUT2D eigenvalue weighted by Gasteiger charge is 2.13. The fraction of sp³-hybridized carbons (Fsp3) is 0.600. The normalized spacial score (nSPS) is 13.3. The number of hydrogen-bond acceptors (Lipinski definition) is 2. The number of nitrogens with one attached hydrogen (secondary N) is 1. The van der Waals surface area contributed by atoms with Gasteiger partial charge in [0.25, 0.3) is 0 Å². The second kappa shape index (κ2) is 7.83. The van der Waals surface area contributed by atoms with Gasteiger partial charge in [-0.15, -0.1) is 0 Å². The van der Waals surface area contributed by atoms with E-state index in [0.717, 1.165) is 13.0 Å². The van der Waals surface area contributed by atoms with E-state index in [1.165, 1.54) is 6.07 Å². The minimum Gasteiger partial charge on any atom is -0.311 e. The SMILES string of the molecule is CC(C)C[C@H](CNCc1c(F)cccc1Cl)N(C)C. The van der Waals surface area contributed by atoms with Gasteiger partial charge in [0.2, 0.25) is 0 Å². The van der Waals surface area contributed by atoms with E-state index in [2.05, 4.69) is 38.2 Å². The van der Waals surface area contributed by atoms with Crippen molar-refractivity contribution in [2.24, 2.45) is 5.92 Å². The van der Waals surface area contributed by atoms with E-state index >= 15 is 0 Å². The molecule has 0 saturated carbocycles. The van der Waals surface area contributed by atoms with Gasteiger partial charge in [0.1, 0.15) is 5.82 Å². The number of hydrogen-bond donors (Lipinski definition) is 1. The van der Waals surface area contributed by atoms with Crippen LogP contribution < -0.4 is 5.32 Å². The first kappa shape index (κ1) is 16.4. The zero-order valence-corrected chi connectivity index (χ0v) is 13.0. The van der Waals surface area contributed by atoms with E-state index < -0.39 is 0 Å². The standard InChI is InChI=1S/C15H24ClFN2/c1-11(2)8-12(19(3)4)9-18-10-13-14(16)6-5-7-15(13)17/h5-7,11-12,18H,8-10H2,1-4H3/t12-/m1/s1. The molecule has 0 aliphatic carbocycles. The van der Waals surface area contributed by atoms with Crippen LogP contribution in [-0.2, 0) is 6.54 Å². The second-order valence-corrected chi connectivity index (χ2v) is 5.99. The van der Waals surface area contributed by atoms with Crippen LogP contribution in [0.15, 0.2) is 18.2 Å². The van der Waals surface area contributed by atoms with Crippen molar-refractivity contribution in [2.45, 2.75) is 32.9 Å². The summed E-state index contributed by atoms with van der Waals surface area (Å²) in [6, 6.07) is 5.24. The third-order valence-corrected chi connectivity index (χ3v) is 3.57. The van der Waals surface area contributed by atoms with Crippen molar-refractivity contribution in [3.05, 3.63) is 34.6 Å². The van der Waals surface area contributed by atoms with Gasteiger partial charge in [-0.2, -0.15) is 0 Å². The molecule has 0 fully saturated rings. The minimum atomic E-state index is -0.245. The summed E-state index contributed by atoms with van der Waals surface area (Å²) in [5.74, 6) is 0.400. The van der Waals surface area contributed by atoms with Crippen molar-refractivity contribution in [3.63, 3.8) is 0 Å². The Hall–Kier alpha value is -0.640. The number of nitrogens with zero attached hydrogens (tertiary/aromatic N) is 1. The molecule has 0 unspecified atom stereocenters. The summed E-state index contributed by atoms with van der Waals surface area (Å²) in [5.41, 5.74) is 0.547. The van der Waals surface area contributed by atoms with Gasteiger partial charge >= 0.3 is 0 Å². The summed E-state index contributed by atoms with van der Waals surface area (Å²) in [6.07, 6.45) is 1.12. The Balaban J connectivity index is 2.52. The van der Waals surface area contributed by atoms with Crippen molar-refractivity contribution in [3.8, 4) is 0 Å². The second-order valence-electron chi connectivity index (χ2n) is 5.58. The van der Waals surface area contributed by atoms with Crippen LogP contribution in [-0.4, -0.2) is 31.6 Å². The predicted molar refractivity (Wildman–Crippen MR) is 80.0 cm³/mol. The van der Waals surface area contributed by atoms with E-state index in [1.807, 2.05) is 0 Å². The Morgan fingerprint density at radius 2 is 2.00 bits per heavy atom. The fourth-order valence-electron chi connectivity index (χ4n) is 2.09. The smallest absolute Gasteiger partial charge is 0.129 e. The van der Waals surface area contributed by atoms with Gasteiger partial charge in [-0.25, -0.2) is 4.39 Å². The van der Waals surface area contributed by atoms with Crippen LogP contribution in [0.25, 0.3) is 0 Å².